The van der Waals surface area contributed by atoms with Crippen LogP contribution >= 0.6 is 11.3 Å². The van der Waals surface area contributed by atoms with E-state index < -0.39 is 0 Å². The zero-order chi connectivity index (χ0) is 19.3. The summed E-state index contributed by atoms with van der Waals surface area (Å²) in [5, 5.41) is 8.87. The van der Waals surface area contributed by atoms with Crippen molar-refractivity contribution >= 4 is 33.8 Å². The molecule has 0 aliphatic heterocycles. The van der Waals surface area contributed by atoms with Crippen molar-refractivity contribution in [2.45, 2.75) is 13.3 Å². The minimum atomic E-state index is -0.156. The van der Waals surface area contributed by atoms with Gasteiger partial charge in [0.15, 0.2) is 0 Å². The number of amides is 1. The predicted octanol–water partition coefficient (Wildman–Crippen LogP) is 5.54. The number of hydrogen-bond donors (Lipinski definition) is 1. The van der Waals surface area contributed by atoms with Gasteiger partial charge in [-0.1, -0.05) is 36.4 Å². The summed E-state index contributed by atoms with van der Waals surface area (Å²) in [5.41, 5.74) is 3.52. The molecule has 0 saturated carbocycles. The van der Waals surface area contributed by atoms with Gasteiger partial charge in [0.1, 0.15) is 5.82 Å². The molecule has 0 spiro atoms. The van der Waals surface area contributed by atoms with Crippen LogP contribution in [0, 0.1) is 0 Å². The molecule has 2 heterocycles. The van der Waals surface area contributed by atoms with Crippen LogP contribution < -0.4 is 10.1 Å². The number of rotatable bonds is 6. The van der Waals surface area contributed by atoms with Gasteiger partial charge >= 0.3 is 0 Å². The Labute approximate surface area is 167 Å². The van der Waals surface area contributed by atoms with E-state index in [0.717, 1.165) is 22.8 Å². The number of nitrogens with zero attached hydrogens (tertiary/aromatic N) is 1. The number of aromatic nitrogens is 1. The molecule has 4 rings (SSSR count). The summed E-state index contributed by atoms with van der Waals surface area (Å²) < 4.78 is 6.02. The van der Waals surface area contributed by atoms with Gasteiger partial charge in [-0.3, -0.25) is 4.79 Å². The Balaban J connectivity index is 1.65. The van der Waals surface area contributed by atoms with E-state index in [-0.39, 0.29) is 5.91 Å². The van der Waals surface area contributed by atoms with Gasteiger partial charge in [-0.2, -0.15) is 16.3 Å². The normalized spacial score (nSPS) is 10.8. The summed E-state index contributed by atoms with van der Waals surface area (Å²) in [6.07, 6.45) is 0.793. The molecule has 1 amide bonds. The Kier molecular flexibility index (Phi) is 5.35. The van der Waals surface area contributed by atoms with E-state index in [2.05, 4.69) is 51.4 Å². The fourth-order valence-electron chi connectivity index (χ4n) is 3.10. The molecule has 0 saturated heterocycles. The Morgan fingerprint density at radius 2 is 1.93 bits per heavy atom. The fourth-order valence-corrected chi connectivity index (χ4v) is 3.76. The molecule has 140 valence electrons. The number of nitrogens with one attached hydrogen (secondary N) is 1. The lowest BCUT2D eigenvalue weighted by Gasteiger charge is -2.12. The van der Waals surface area contributed by atoms with E-state index in [1.807, 2.05) is 30.3 Å². The molecule has 0 atom stereocenters. The van der Waals surface area contributed by atoms with E-state index in [0.29, 0.717) is 18.3 Å². The van der Waals surface area contributed by atoms with Crippen LogP contribution in [0.3, 0.4) is 0 Å². The van der Waals surface area contributed by atoms with E-state index in [9.17, 15) is 4.79 Å². The van der Waals surface area contributed by atoms with Crippen molar-refractivity contribution in [1.82, 2.24) is 4.98 Å². The summed E-state index contributed by atoms with van der Waals surface area (Å²) in [5.74, 6) is 0.877. The van der Waals surface area contributed by atoms with Gasteiger partial charge in [0.25, 0.3) is 0 Å². The largest absolute Gasteiger partial charge is 0.477 e. The van der Waals surface area contributed by atoms with Crippen molar-refractivity contribution in [2.75, 3.05) is 11.9 Å². The lowest BCUT2D eigenvalue weighted by Crippen LogP contribution is -2.09. The second-order valence-electron chi connectivity index (χ2n) is 6.53. The number of carbonyl (C=O) groups excluding carboxylic acids is 1. The predicted molar refractivity (Wildman–Crippen MR) is 115 cm³/mol. The second-order valence-corrected chi connectivity index (χ2v) is 7.31. The Hall–Kier alpha value is -3.18. The van der Waals surface area contributed by atoms with Gasteiger partial charge in [0, 0.05) is 18.7 Å². The quantitative estimate of drug-likeness (QED) is 0.472. The van der Waals surface area contributed by atoms with Crippen molar-refractivity contribution in [3.8, 4) is 17.0 Å². The Morgan fingerprint density at radius 1 is 1.07 bits per heavy atom. The van der Waals surface area contributed by atoms with Crippen LogP contribution in [-0.4, -0.2) is 17.5 Å². The van der Waals surface area contributed by atoms with Gasteiger partial charge in [0.05, 0.1) is 6.61 Å². The first kappa shape index (κ1) is 18.2. The van der Waals surface area contributed by atoms with Crippen molar-refractivity contribution in [1.29, 1.82) is 0 Å². The average molecular weight is 388 g/mol. The Bertz CT molecular complexity index is 1090. The molecule has 1 N–H and O–H groups in total. The fraction of sp³-hybridized carbons (Fsp3) is 0.130. The van der Waals surface area contributed by atoms with Crippen LogP contribution in [0.1, 0.15) is 12.5 Å². The number of carbonyl (C=O) groups is 1. The molecule has 0 radical (unpaired) electrons. The van der Waals surface area contributed by atoms with Crippen molar-refractivity contribution in [3.63, 3.8) is 0 Å². The molecule has 28 heavy (non-hydrogen) atoms. The highest BCUT2D eigenvalue weighted by Crippen LogP contribution is 2.32. The third-order valence-electron chi connectivity index (χ3n) is 4.43. The maximum atomic E-state index is 11.5. The molecular formula is C23H20N2O2S. The molecule has 2 aromatic carbocycles. The van der Waals surface area contributed by atoms with Gasteiger partial charge < -0.3 is 10.1 Å². The molecule has 2 aromatic heterocycles. The summed E-state index contributed by atoms with van der Waals surface area (Å²) in [7, 11) is 0. The van der Waals surface area contributed by atoms with Crippen LogP contribution in [-0.2, 0) is 11.2 Å². The number of ether oxygens (including phenoxy) is 1. The molecule has 5 heteroatoms. The van der Waals surface area contributed by atoms with E-state index in [4.69, 9.17) is 4.74 Å². The standard InChI is InChI=1S/C23H20N2O2S/c1-16(26)24-22-14-20-13-18(19-10-12-28-15-19)7-8-21(20)23(25-22)27-11-9-17-5-3-2-4-6-17/h2-8,10,12-15H,9,11H2,1H3,(H,24,25,26). The lowest BCUT2D eigenvalue weighted by atomic mass is 10.0. The zero-order valence-corrected chi connectivity index (χ0v) is 16.3. The number of fused-ring (bicyclic) bond motifs is 1. The summed E-state index contributed by atoms with van der Waals surface area (Å²) in [4.78, 5) is 16.0. The molecule has 0 aliphatic rings. The van der Waals surface area contributed by atoms with E-state index >= 15 is 0 Å². The van der Waals surface area contributed by atoms with Crippen LogP contribution in [0.5, 0.6) is 5.88 Å². The number of benzene rings is 2. The van der Waals surface area contributed by atoms with Gasteiger partial charge in [-0.15, -0.1) is 0 Å². The van der Waals surface area contributed by atoms with Crippen LogP contribution in [0.25, 0.3) is 21.9 Å². The molecule has 0 fully saturated rings. The zero-order valence-electron chi connectivity index (χ0n) is 15.5. The van der Waals surface area contributed by atoms with E-state index in [1.54, 1.807) is 11.3 Å². The SMILES string of the molecule is CC(=O)Nc1cc2cc(-c3ccsc3)ccc2c(OCCc2ccccc2)n1. The minimum absolute atomic E-state index is 0.156. The Morgan fingerprint density at radius 3 is 2.68 bits per heavy atom. The maximum absolute atomic E-state index is 11.5. The summed E-state index contributed by atoms with van der Waals surface area (Å²) in [6, 6.07) is 20.4. The molecule has 0 bridgehead atoms. The second kappa shape index (κ2) is 8.23. The molecule has 4 nitrogen and oxygen atoms in total. The number of hydrogen-bond acceptors (Lipinski definition) is 4. The minimum Gasteiger partial charge on any atom is -0.477 e. The highest BCUT2D eigenvalue weighted by atomic mass is 32.1. The number of anilines is 1. The average Bonchev–Trinajstić information content (AvgIpc) is 3.23. The summed E-state index contributed by atoms with van der Waals surface area (Å²) >= 11 is 1.67. The van der Waals surface area contributed by atoms with Gasteiger partial charge in [-0.25, -0.2) is 0 Å². The van der Waals surface area contributed by atoms with Crippen LogP contribution in [0.4, 0.5) is 5.82 Å². The van der Waals surface area contributed by atoms with Gasteiger partial charge in [0.2, 0.25) is 11.8 Å². The number of thiophene rings is 1. The molecule has 4 aromatic rings. The summed E-state index contributed by atoms with van der Waals surface area (Å²) in [6.45, 7) is 1.99. The first-order valence-corrected chi connectivity index (χ1v) is 10.0. The first-order valence-electron chi connectivity index (χ1n) is 9.11. The number of pyridine rings is 1. The topological polar surface area (TPSA) is 51.2 Å². The monoisotopic (exact) mass is 388 g/mol. The first-order chi connectivity index (χ1) is 13.7. The third-order valence-corrected chi connectivity index (χ3v) is 5.11. The van der Waals surface area contributed by atoms with E-state index in [1.165, 1.54) is 18.1 Å². The van der Waals surface area contributed by atoms with Gasteiger partial charge in [-0.05, 0) is 57.1 Å². The third kappa shape index (κ3) is 4.21. The van der Waals surface area contributed by atoms with Crippen LogP contribution in [0.2, 0.25) is 0 Å². The van der Waals surface area contributed by atoms with Crippen molar-refractivity contribution < 1.29 is 9.53 Å². The molecule has 0 aliphatic carbocycles. The maximum Gasteiger partial charge on any atom is 0.223 e. The lowest BCUT2D eigenvalue weighted by molar-refractivity contribution is -0.114. The highest BCUT2D eigenvalue weighted by Gasteiger charge is 2.10. The molecule has 0 unspecified atom stereocenters. The van der Waals surface area contributed by atoms with Crippen molar-refractivity contribution in [3.05, 3.63) is 77.0 Å². The smallest absolute Gasteiger partial charge is 0.223 e. The highest BCUT2D eigenvalue weighted by molar-refractivity contribution is 7.08. The van der Waals surface area contributed by atoms with Crippen molar-refractivity contribution in [2.24, 2.45) is 0 Å². The van der Waals surface area contributed by atoms with Crippen LogP contribution in [0.15, 0.2) is 71.4 Å². The molecular weight excluding hydrogens is 368 g/mol.